The highest BCUT2D eigenvalue weighted by Crippen LogP contribution is 2.35. The summed E-state index contributed by atoms with van der Waals surface area (Å²) in [5.74, 6) is 4.19. The number of fused-ring (bicyclic) bond motifs is 1. The van der Waals surface area contributed by atoms with Gasteiger partial charge in [0.1, 0.15) is 6.61 Å². The fourth-order valence-electron chi connectivity index (χ4n) is 4.14. The van der Waals surface area contributed by atoms with Gasteiger partial charge in [0.2, 0.25) is 11.7 Å². The van der Waals surface area contributed by atoms with Gasteiger partial charge in [-0.1, -0.05) is 12.1 Å². The first-order valence-corrected chi connectivity index (χ1v) is 11.9. The summed E-state index contributed by atoms with van der Waals surface area (Å²) in [4.78, 5) is 15.9. The first-order chi connectivity index (χ1) is 16.6. The predicted molar refractivity (Wildman–Crippen MR) is 141 cm³/mol. The maximum Gasteiger partial charge on any atom is 0.307 e. The Bertz CT molecular complexity index is 1240. The molecular formula is C24H30FN5O4S2. The van der Waals surface area contributed by atoms with Gasteiger partial charge in [-0.05, 0) is 67.0 Å². The zero-order valence-corrected chi connectivity index (χ0v) is 22.1. The molecule has 0 aliphatic heterocycles. The van der Waals surface area contributed by atoms with Gasteiger partial charge in [-0.15, -0.1) is 5.10 Å². The first-order valence-electron chi connectivity index (χ1n) is 11.2. The maximum atomic E-state index is 14.2. The third-order valence-corrected chi connectivity index (χ3v) is 6.31. The summed E-state index contributed by atoms with van der Waals surface area (Å²) >= 11 is 0.761. The lowest BCUT2D eigenvalue weighted by Crippen LogP contribution is -2.34. The number of hydrazine groups is 1. The standard InChI is InChI=1S/C24H28FN5O4S.H2S/c1-24(2,30-13-20(25)23(28-30)34-35-29(3)26)14-33-21-11-16(9-10-27-21)18-8-7-15-5-4-6-17(15)19(18)12-22(31)32;/h7-11,13H,4-6,12,14,26H2,1-3H3,(H,31,32);1H2. The number of carboxylic acid groups (broad SMARTS) is 1. The van der Waals surface area contributed by atoms with Crippen LogP contribution in [0.15, 0.2) is 36.7 Å². The van der Waals surface area contributed by atoms with E-state index in [0.717, 1.165) is 53.7 Å². The summed E-state index contributed by atoms with van der Waals surface area (Å²) in [6.07, 6.45) is 5.74. The molecule has 0 saturated heterocycles. The molecule has 36 heavy (non-hydrogen) atoms. The molecule has 3 aromatic rings. The molecule has 3 N–H and O–H groups in total. The molecular weight excluding hydrogens is 505 g/mol. The van der Waals surface area contributed by atoms with Gasteiger partial charge in [-0.25, -0.2) is 4.98 Å². The number of nitrogens with zero attached hydrogens (tertiary/aromatic N) is 4. The summed E-state index contributed by atoms with van der Waals surface area (Å²) < 4.78 is 28.0. The van der Waals surface area contributed by atoms with Crippen LogP contribution in [-0.4, -0.2) is 43.9 Å². The van der Waals surface area contributed by atoms with Gasteiger partial charge in [-0.2, -0.15) is 22.3 Å². The predicted octanol–water partition coefficient (Wildman–Crippen LogP) is 3.87. The monoisotopic (exact) mass is 535 g/mol. The molecule has 2 heterocycles. The second kappa shape index (κ2) is 11.5. The molecule has 1 aromatic carbocycles. The van der Waals surface area contributed by atoms with Crippen molar-refractivity contribution in [1.29, 1.82) is 0 Å². The van der Waals surface area contributed by atoms with Gasteiger partial charge in [0.05, 0.1) is 18.2 Å². The Balaban J connectivity index is 0.00000361. The Morgan fingerprint density at radius 1 is 1.33 bits per heavy atom. The van der Waals surface area contributed by atoms with Crippen LogP contribution in [0.1, 0.15) is 37.0 Å². The topological polar surface area (TPSA) is 116 Å². The average molecular weight is 536 g/mol. The molecule has 1 aliphatic rings. The fraction of sp³-hybridized carbons (Fsp3) is 0.375. The molecule has 194 valence electrons. The van der Waals surface area contributed by atoms with Crippen molar-refractivity contribution in [2.24, 2.45) is 5.84 Å². The Kier molecular flexibility index (Phi) is 8.88. The van der Waals surface area contributed by atoms with Crippen LogP contribution in [-0.2, 0) is 29.6 Å². The summed E-state index contributed by atoms with van der Waals surface area (Å²) in [5.41, 5.74) is 4.21. The number of aryl methyl sites for hydroxylation is 1. The zero-order chi connectivity index (χ0) is 25.2. The number of ether oxygens (including phenoxy) is 1. The van der Waals surface area contributed by atoms with Crippen LogP contribution in [0.5, 0.6) is 11.8 Å². The molecule has 0 spiro atoms. The van der Waals surface area contributed by atoms with E-state index in [1.54, 1.807) is 19.3 Å². The highest BCUT2D eigenvalue weighted by molar-refractivity contribution is 7.92. The number of carbonyl (C=O) groups is 1. The minimum Gasteiger partial charge on any atom is -0.481 e. The van der Waals surface area contributed by atoms with Crippen molar-refractivity contribution in [2.45, 2.75) is 45.1 Å². The smallest absolute Gasteiger partial charge is 0.307 e. The van der Waals surface area contributed by atoms with Gasteiger partial charge in [0.15, 0.2) is 12.2 Å². The van der Waals surface area contributed by atoms with E-state index in [0.29, 0.717) is 5.88 Å². The Morgan fingerprint density at radius 3 is 2.83 bits per heavy atom. The molecule has 0 fully saturated rings. The second-order valence-electron chi connectivity index (χ2n) is 9.07. The first kappa shape index (κ1) is 27.8. The number of benzene rings is 1. The van der Waals surface area contributed by atoms with E-state index in [2.05, 4.69) is 16.1 Å². The number of hydrogen-bond acceptors (Lipinski definition) is 8. The number of rotatable bonds is 10. The van der Waals surface area contributed by atoms with Crippen LogP contribution in [0.25, 0.3) is 11.1 Å². The van der Waals surface area contributed by atoms with Gasteiger partial charge in [-0.3, -0.25) is 15.3 Å². The minimum absolute atomic E-state index is 0. The van der Waals surface area contributed by atoms with E-state index in [1.807, 2.05) is 26.0 Å². The molecule has 12 heteroatoms. The normalized spacial score (nSPS) is 12.8. The molecule has 0 saturated carbocycles. The Morgan fingerprint density at radius 2 is 2.11 bits per heavy atom. The molecule has 9 nitrogen and oxygen atoms in total. The van der Waals surface area contributed by atoms with Crippen molar-refractivity contribution in [3.05, 3.63) is 59.2 Å². The molecule has 0 bridgehead atoms. The quantitative estimate of drug-likeness (QED) is 0.173. The molecule has 2 aromatic heterocycles. The number of aliphatic carboxylic acids is 1. The van der Waals surface area contributed by atoms with Crippen LogP contribution < -0.4 is 14.8 Å². The van der Waals surface area contributed by atoms with Crippen LogP contribution in [0, 0.1) is 5.82 Å². The molecule has 4 rings (SSSR count). The third kappa shape index (κ3) is 6.30. The van der Waals surface area contributed by atoms with E-state index in [-0.39, 0.29) is 32.4 Å². The number of pyridine rings is 1. The van der Waals surface area contributed by atoms with E-state index >= 15 is 0 Å². The molecule has 1 aliphatic carbocycles. The Labute approximate surface area is 220 Å². The number of carboxylic acids is 1. The van der Waals surface area contributed by atoms with Crippen molar-refractivity contribution in [3.8, 4) is 22.9 Å². The highest BCUT2D eigenvalue weighted by Gasteiger charge is 2.26. The van der Waals surface area contributed by atoms with Gasteiger partial charge < -0.3 is 14.0 Å². The largest absolute Gasteiger partial charge is 0.481 e. The van der Waals surface area contributed by atoms with E-state index in [1.165, 1.54) is 20.9 Å². The highest BCUT2D eigenvalue weighted by atomic mass is 32.2. The average Bonchev–Trinajstić information content (AvgIpc) is 3.43. The number of halogens is 1. The lowest BCUT2D eigenvalue weighted by atomic mass is 9.91. The van der Waals surface area contributed by atoms with E-state index < -0.39 is 17.3 Å². The zero-order valence-electron chi connectivity index (χ0n) is 20.3. The summed E-state index contributed by atoms with van der Waals surface area (Å²) in [7, 11) is 1.56. The molecule has 0 atom stereocenters. The van der Waals surface area contributed by atoms with Crippen molar-refractivity contribution in [1.82, 2.24) is 19.2 Å². The summed E-state index contributed by atoms with van der Waals surface area (Å²) in [6, 6.07) is 7.71. The summed E-state index contributed by atoms with van der Waals surface area (Å²) in [6.45, 7) is 3.85. The number of nitrogens with two attached hydrogens (primary N) is 1. The van der Waals surface area contributed by atoms with Gasteiger partial charge >= 0.3 is 5.97 Å². The third-order valence-electron chi connectivity index (χ3n) is 5.84. The number of hydrogen-bond donors (Lipinski definition) is 2. The van der Waals surface area contributed by atoms with Crippen molar-refractivity contribution in [2.75, 3.05) is 13.7 Å². The maximum absolute atomic E-state index is 14.2. The van der Waals surface area contributed by atoms with Crippen LogP contribution >= 0.6 is 25.7 Å². The van der Waals surface area contributed by atoms with Crippen molar-refractivity contribution in [3.63, 3.8) is 0 Å². The van der Waals surface area contributed by atoms with Crippen molar-refractivity contribution >= 4 is 31.7 Å². The van der Waals surface area contributed by atoms with Crippen LogP contribution in [0.2, 0.25) is 0 Å². The fourth-order valence-corrected chi connectivity index (χ4v) is 4.44. The van der Waals surface area contributed by atoms with E-state index in [4.69, 9.17) is 14.8 Å². The van der Waals surface area contributed by atoms with Gasteiger partial charge in [0.25, 0.3) is 5.88 Å². The minimum atomic E-state index is -0.856. The lowest BCUT2D eigenvalue weighted by molar-refractivity contribution is -0.136. The van der Waals surface area contributed by atoms with Crippen LogP contribution in [0.3, 0.4) is 0 Å². The SMILES string of the molecule is CN(N)SOc1nn(C(C)(C)COc2cc(-c3ccc4c(c3CC(=O)O)CCC4)ccn2)cc1F.S. The van der Waals surface area contributed by atoms with Gasteiger partial charge in [0, 0.05) is 19.3 Å². The lowest BCUT2D eigenvalue weighted by Gasteiger charge is -2.25. The molecule has 0 radical (unpaired) electrons. The summed E-state index contributed by atoms with van der Waals surface area (Å²) in [5, 5.41) is 13.7. The van der Waals surface area contributed by atoms with Crippen LogP contribution in [0.4, 0.5) is 4.39 Å². The number of aromatic nitrogens is 3. The van der Waals surface area contributed by atoms with Crippen molar-refractivity contribution < 1.29 is 23.2 Å². The second-order valence-corrected chi connectivity index (χ2v) is 9.96. The Hall–Kier alpha value is -2.80. The van der Waals surface area contributed by atoms with E-state index in [9.17, 15) is 14.3 Å². The molecule has 0 amide bonds. The molecule has 0 unspecified atom stereocenters.